The van der Waals surface area contributed by atoms with Crippen molar-refractivity contribution in [2.24, 2.45) is 0 Å². The second-order valence-corrected chi connectivity index (χ2v) is 7.51. The van der Waals surface area contributed by atoms with Gasteiger partial charge < -0.3 is 8.98 Å². The molecule has 0 amide bonds. The Hall–Kier alpha value is -4.18. The molecule has 7 rings (SSSR count). The van der Waals surface area contributed by atoms with Gasteiger partial charge in [-0.1, -0.05) is 36.4 Å². The fraction of sp³-hybridized carbons (Fsp3) is 0. The minimum atomic E-state index is 0.890. The molecule has 0 aliphatic heterocycles. The first-order valence-electron chi connectivity index (χ1n) is 9.92. The molecule has 30 heavy (non-hydrogen) atoms. The number of furan rings is 1. The zero-order chi connectivity index (χ0) is 19.7. The van der Waals surface area contributed by atoms with Gasteiger partial charge in [0.25, 0.3) is 0 Å². The van der Waals surface area contributed by atoms with Crippen LogP contribution in [0.3, 0.4) is 0 Å². The summed E-state index contributed by atoms with van der Waals surface area (Å²) in [6, 6.07) is 22.9. The molecule has 3 aromatic carbocycles. The van der Waals surface area contributed by atoms with E-state index < -0.39 is 0 Å². The maximum Gasteiger partial charge on any atom is 0.145 e. The summed E-state index contributed by atoms with van der Waals surface area (Å²) in [5.74, 6) is 0. The third-order valence-corrected chi connectivity index (χ3v) is 5.95. The molecule has 0 bridgehead atoms. The summed E-state index contributed by atoms with van der Waals surface area (Å²) in [4.78, 5) is 8.84. The van der Waals surface area contributed by atoms with Crippen molar-refractivity contribution in [2.75, 3.05) is 0 Å². The van der Waals surface area contributed by atoms with Gasteiger partial charge in [-0.3, -0.25) is 9.97 Å². The molecule has 140 valence electrons. The molecule has 0 fully saturated rings. The summed E-state index contributed by atoms with van der Waals surface area (Å²) in [5.41, 5.74) is 5.08. The van der Waals surface area contributed by atoms with E-state index in [-0.39, 0.29) is 0 Å². The van der Waals surface area contributed by atoms with Crippen molar-refractivity contribution >= 4 is 54.5 Å². The summed E-state index contributed by atoms with van der Waals surface area (Å²) in [5, 5.41) is 6.80. The molecule has 0 spiro atoms. The third kappa shape index (κ3) is 1.90. The molecule has 0 saturated carbocycles. The largest absolute Gasteiger partial charge is 0.455 e. The van der Waals surface area contributed by atoms with E-state index in [0.29, 0.717) is 0 Å². The molecule has 0 radical (unpaired) electrons. The molecule has 0 aliphatic carbocycles. The second kappa shape index (κ2) is 5.67. The quantitative estimate of drug-likeness (QED) is 0.319. The van der Waals surface area contributed by atoms with Crippen LogP contribution in [0.1, 0.15) is 0 Å². The van der Waals surface area contributed by atoms with Gasteiger partial charge in [-0.15, -0.1) is 0 Å². The highest BCUT2D eigenvalue weighted by atomic mass is 16.3. The van der Waals surface area contributed by atoms with Crippen molar-refractivity contribution in [2.45, 2.75) is 0 Å². The van der Waals surface area contributed by atoms with E-state index in [1.807, 2.05) is 36.8 Å². The van der Waals surface area contributed by atoms with E-state index in [0.717, 1.165) is 49.4 Å². The minimum Gasteiger partial charge on any atom is -0.455 e. The van der Waals surface area contributed by atoms with Crippen LogP contribution in [-0.2, 0) is 0 Å². The fourth-order valence-corrected chi connectivity index (χ4v) is 4.77. The van der Waals surface area contributed by atoms with Gasteiger partial charge in [-0.05, 0) is 30.3 Å². The molecule has 4 heterocycles. The van der Waals surface area contributed by atoms with Crippen LogP contribution in [-0.4, -0.2) is 14.5 Å². The van der Waals surface area contributed by atoms with Crippen molar-refractivity contribution in [3.05, 3.63) is 91.5 Å². The highest BCUT2D eigenvalue weighted by Crippen LogP contribution is 2.45. The lowest BCUT2D eigenvalue weighted by Crippen LogP contribution is -1.94. The molecule has 7 aromatic rings. The lowest BCUT2D eigenvalue weighted by Gasteiger charge is -2.09. The zero-order valence-corrected chi connectivity index (χ0v) is 15.9. The summed E-state index contributed by atoms with van der Waals surface area (Å²) >= 11 is 0. The summed E-state index contributed by atoms with van der Waals surface area (Å²) in [6.07, 6.45) is 7.50. The maximum absolute atomic E-state index is 6.40. The predicted octanol–water partition coefficient (Wildman–Crippen LogP) is 6.63. The highest BCUT2D eigenvalue weighted by Gasteiger charge is 2.22. The first-order chi connectivity index (χ1) is 14.9. The Morgan fingerprint density at radius 2 is 1.47 bits per heavy atom. The summed E-state index contributed by atoms with van der Waals surface area (Å²) in [6.45, 7) is 0. The van der Waals surface area contributed by atoms with Crippen LogP contribution in [0.2, 0.25) is 0 Å². The van der Waals surface area contributed by atoms with Gasteiger partial charge in [0.2, 0.25) is 0 Å². The van der Waals surface area contributed by atoms with Crippen molar-refractivity contribution in [3.8, 4) is 5.69 Å². The molecule has 0 N–H and O–H groups in total. The van der Waals surface area contributed by atoms with Gasteiger partial charge in [-0.2, -0.15) is 0 Å². The Morgan fingerprint density at radius 1 is 0.633 bits per heavy atom. The van der Waals surface area contributed by atoms with Crippen LogP contribution in [0.4, 0.5) is 0 Å². The smallest absolute Gasteiger partial charge is 0.145 e. The van der Waals surface area contributed by atoms with Crippen molar-refractivity contribution in [3.63, 3.8) is 0 Å². The predicted molar refractivity (Wildman–Crippen MR) is 121 cm³/mol. The number of nitrogens with zero attached hydrogens (tertiary/aromatic N) is 3. The monoisotopic (exact) mass is 385 g/mol. The fourth-order valence-electron chi connectivity index (χ4n) is 4.77. The average Bonchev–Trinajstić information content (AvgIpc) is 3.36. The lowest BCUT2D eigenvalue weighted by molar-refractivity contribution is 0.673. The number of benzene rings is 3. The Kier molecular flexibility index (Phi) is 2.97. The van der Waals surface area contributed by atoms with Gasteiger partial charge in [-0.25, -0.2) is 0 Å². The number of fused-ring (bicyclic) bond motifs is 10. The zero-order valence-electron chi connectivity index (χ0n) is 15.9. The Bertz CT molecular complexity index is 1740. The first kappa shape index (κ1) is 15.7. The number of pyridine rings is 2. The summed E-state index contributed by atoms with van der Waals surface area (Å²) in [7, 11) is 0. The van der Waals surface area contributed by atoms with E-state index in [9.17, 15) is 0 Å². The van der Waals surface area contributed by atoms with Crippen molar-refractivity contribution in [1.29, 1.82) is 0 Å². The van der Waals surface area contributed by atoms with Gasteiger partial charge in [0.15, 0.2) is 0 Å². The van der Waals surface area contributed by atoms with Crippen LogP contribution in [0.15, 0.2) is 95.9 Å². The highest BCUT2D eigenvalue weighted by molar-refractivity contribution is 6.35. The Morgan fingerprint density at radius 3 is 2.37 bits per heavy atom. The van der Waals surface area contributed by atoms with E-state index in [1.54, 1.807) is 6.20 Å². The van der Waals surface area contributed by atoms with E-state index in [1.165, 1.54) is 10.8 Å². The number of hydrogen-bond donors (Lipinski definition) is 0. The molecular formula is C26H15N3O. The SMILES string of the molecule is c1cncc(-n2c3ccccc3c3c4cnccc4c4oc5ccccc5c4c32)c1. The van der Waals surface area contributed by atoms with Gasteiger partial charge in [0.1, 0.15) is 11.2 Å². The van der Waals surface area contributed by atoms with Gasteiger partial charge in [0, 0.05) is 45.5 Å². The van der Waals surface area contributed by atoms with Crippen LogP contribution >= 0.6 is 0 Å². The van der Waals surface area contributed by atoms with Gasteiger partial charge >= 0.3 is 0 Å². The third-order valence-electron chi connectivity index (χ3n) is 5.95. The van der Waals surface area contributed by atoms with E-state index >= 15 is 0 Å². The first-order valence-corrected chi connectivity index (χ1v) is 9.92. The average molecular weight is 385 g/mol. The van der Waals surface area contributed by atoms with Crippen LogP contribution in [0, 0.1) is 0 Å². The molecule has 0 atom stereocenters. The standard InChI is InChI=1S/C26H15N3O/c1-3-9-21-18(7-1)23-20-15-28-13-11-17(20)26-24(19-8-2-4-10-22(19)30-26)25(23)29(21)16-6-5-12-27-14-16/h1-15H. The minimum absolute atomic E-state index is 0.890. The normalized spacial score (nSPS) is 12.0. The molecular weight excluding hydrogens is 370 g/mol. The van der Waals surface area contributed by atoms with E-state index in [4.69, 9.17) is 4.42 Å². The lowest BCUT2D eigenvalue weighted by atomic mass is 10.0. The number of para-hydroxylation sites is 2. The van der Waals surface area contributed by atoms with Crippen molar-refractivity contribution < 1.29 is 4.42 Å². The van der Waals surface area contributed by atoms with Crippen LogP contribution in [0.5, 0.6) is 0 Å². The van der Waals surface area contributed by atoms with Crippen molar-refractivity contribution in [1.82, 2.24) is 14.5 Å². The topological polar surface area (TPSA) is 43.9 Å². The van der Waals surface area contributed by atoms with Crippen LogP contribution < -0.4 is 0 Å². The van der Waals surface area contributed by atoms with Crippen LogP contribution in [0.25, 0.3) is 60.2 Å². The Labute approximate surface area is 171 Å². The number of aromatic nitrogens is 3. The molecule has 0 unspecified atom stereocenters. The molecule has 0 aliphatic rings. The number of hydrogen-bond acceptors (Lipinski definition) is 3. The molecule has 4 nitrogen and oxygen atoms in total. The number of rotatable bonds is 1. The molecule has 4 heteroatoms. The van der Waals surface area contributed by atoms with E-state index in [2.05, 4.69) is 63.1 Å². The second-order valence-electron chi connectivity index (χ2n) is 7.51. The van der Waals surface area contributed by atoms with Gasteiger partial charge in [0.05, 0.1) is 28.3 Å². The summed E-state index contributed by atoms with van der Waals surface area (Å²) < 4.78 is 8.70. The Balaban J connectivity index is 1.91. The molecule has 0 saturated heterocycles. The maximum atomic E-state index is 6.40. The molecule has 4 aromatic heterocycles.